The average Bonchev–Trinajstić information content (AvgIpc) is 3.49. The van der Waals surface area contributed by atoms with Crippen LogP contribution in [0.3, 0.4) is 0 Å². The van der Waals surface area contributed by atoms with Gasteiger partial charge in [0, 0.05) is 29.8 Å². The molecule has 0 aliphatic carbocycles. The third-order valence-corrected chi connectivity index (χ3v) is 5.92. The predicted octanol–water partition coefficient (Wildman–Crippen LogP) is 4.43. The van der Waals surface area contributed by atoms with Crippen LogP contribution in [0.25, 0.3) is 0 Å². The molecule has 1 fully saturated rings. The highest BCUT2D eigenvalue weighted by Gasteiger charge is 2.13. The van der Waals surface area contributed by atoms with Crippen molar-refractivity contribution in [3.05, 3.63) is 70.2 Å². The maximum Gasteiger partial charge on any atom is 0.338 e. The van der Waals surface area contributed by atoms with Crippen molar-refractivity contribution >= 4 is 34.6 Å². The first-order valence-electron chi connectivity index (χ1n) is 10.5. The van der Waals surface area contributed by atoms with Crippen LogP contribution in [0.2, 0.25) is 0 Å². The molecule has 1 aliphatic heterocycles. The van der Waals surface area contributed by atoms with Gasteiger partial charge >= 0.3 is 5.97 Å². The van der Waals surface area contributed by atoms with E-state index in [1.165, 1.54) is 12.8 Å². The van der Waals surface area contributed by atoms with E-state index in [0.29, 0.717) is 23.6 Å². The number of anilines is 2. The Bertz CT molecular complexity index is 1060. The van der Waals surface area contributed by atoms with E-state index in [-0.39, 0.29) is 12.5 Å². The van der Waals surface area contributed by atoms with Crippen molar-refractivity contribution in [2.45, 2.75) is 26.4 Å². The summed E-state index contributed by atoms with van der Waals surface area (Å²) in [5.74, 6) is -0.320. The van der Waals surface area contributed by atoms with Crippen LogP contribution < -0.4 is 15.0 Å². The first-order chi connectivity index (χ1) is 15.6. The number of ether oxygens (including phenoxy) is 2. The van der Waals surface area contributed by atoms with Crippen molar-refractivity contribution in [2.24, 2.45) is 0 Å². The van der Waals surface area contributed by atoms with Crippen molar-refractivity contribution in [2.75, 3.05) is 29.9 Å². The second-order valence-electron chi connectivity index (χ2n) is 7.54. The summed E-state index contributed by atoms with van der Waals surface area (Å²) >= 11 is 1.57. The number of carbonyl (C=O) groups excluding carboxylic acids is 2. The fourth-order valence-electron chi connectivity index (χ4n) is 3.46. The van der Waals surface area contributed by atoms with E-state index < -0.39 is 5.97 Å². The van der Waals surface area contributed by atoms with E-state index in [1.807, 2.05) is 36.6 Å². The fourth-order valence-corrected chi connectivity index (χ4v) is 4.06. The Morgan fingerprint density at radius 2 is 1.78 bits per heavy atom. The molecule has 1 aliphatic rings. The number of esters is 1. The Kier molecular flexibility index (Phi) is 7.01. The average molecular weight is 452 g/mol. The Morgan fingerprint density at radius 3 is 2.44 bits per heavy atom. The molecular weight excluding hydrogens is 426 g/mol. The van der Waals surface area contributed by atoms with Gasteiger partial charge in [-0.3, -0.25) is 4.79 Å². The summed E-state index contributed by atoms with van der Waals surface area (Å²) in [5, 5.41) is 5.69. The number of amides is 1. The lowest BCUT2D eigenvalue weighted by atomic mass is 10.2. The Hall–Kier alpha value is -3.39. The maximum atomic E-state index is 12.2. The number of aryl methyl sites for hydroxylation is 1. The SMILES string of the molecule is Cc1nc(COc2ccc(C(=O)OCC(=O)Nc3ccc(N4CCCC4)cc3)cc2)cs1. The number of nitrogens with one attached hydrogen (secondary N) is 1. The summed E-state index contributed by atoms with van der Waals surface area (Å²) < 4.78 is 10.8. The minimum Gasteiger partial charge on any atom is -0.487 e. The summed E-state index contributed by atoms with van der Waals surface area (Å²) in [7, 11) is 0. The minimum absolute atomic E-state index is 0.351. The lowest BCUT2D eigenvalue weighted by Gasteiger charge is -2.17. The third-order valence-electron chi connectivity index (χ3n) is 5.10. The Balaban J connectivity index is 1.21. The van der Waals surface area contributed by atoms with Gasteiger partial charge in [-0.1, -0.05) is 0 Å². The first kappa shape index (κ1) is 21.8. The zero-order valence-electron chi connectivity index (χ0n) is 17.9. The highest BCUT2D eigenvalue weighted by atomic mass is 32.1. The molecule has 0 bridgehead atoms. The second kappa shape index (κ2) is 10.3. The number of benzene rings is 2. The van der Waals surface area contributed by atoms with Gasteiger partial charge in [-0.2, -0.15) is 0 Å². The van der Waals surface area contributed by atoms with Gasteiger partial charge in [-0.15, -0.1) is 11.3 Å². The van der Waals surface area contributed by atoms with Crippen LogP contribution in [0.15, 0.2) is 53.9 Å². The highest BCUT2D eigenvalue weighted by molar-refractivity contribution is 7.09. The molecule has 1 saturated heterocycles. The van der Waals surface area contributed by atoms with E-state index in [0.717, 1.165) is 29.5 Å². The number of carbonyl (C=O) groups is 2. The summed E-state index contributed by atoms with van der Waals surface area (Å²) in [4.78, 5) is 31.0. The molecule has 7 nitrogen and oxygen atoms in total. The monoisotopic (exact) mass is 451 g/mol. The topological polar surface area (TPSA) is 80.8 Å². The van der Waals surface area contributed by atoms with Crippen LogP contribution in [-0.4, -0.2) is 36.6 Å². The molecule has 2 heterocycles. The van der Waals surface area contributed by atoms with Crippen molar-refractivity contribution in [3.8, 4) is 5.75 Å². The minimum atomic E-state index is -0.564. The fraction of sp³-hybridized carbons (Fsp3) is 0.292. The molecule has 8 heteroatoms. The van der Waals surface area contributed by atoms with E-state index in [9.17, 15) is 9.59 Å². The molecule has 0 spiro atoms. The molecule has 166 valence electrons. The standard InChI is InChI=1S/C24H25N3O4S/c1-17-25-20(16-32-17)14-30-22-10-4-18(5-11-22)24(29)31-15-23(28)26-19-6-8-21(9-7-19)27-12-2-3-13-27/h4-11,16H,2-3,12-15H2,1H3,(H,26,28). The van der Waals surface area contributed by atoms with Gasteiger partial charge in [0.2, 0.25) is 0 Å². The number of thiazole rings is 1. The highest BCUT2D eigenvalue weighted by Crippen LogP contribution is 2.22. The lowest BCUT2D eigenvalue weighted by molar-refractivity contribution is -0.119. The first-order valence-corrected chi connectivity index (χ1v) is 11.4. The molecule has 0 saturated carbocycles. The zero-order valence-corrected chi connectivity index (χ0v) is 18.7. The smallest absolute Gasteiger partial charge is 0.338 e. The van der Waals surface area contributed by atoms with Crippen LogP contribution in [-0.2, 0) is 16.1 Å². The predicted molar refractivity (Wildman–Crippen MR) is 124 cm³/mol. The molecule has 0 unspecified atom stereocenters. The molecule has 0 radical (unpaired) electrons. The van der Waals surface area contributed by atoms with Gasteiger partial charge in [-0.05, 0) is 68.3 Å². The van der Waals surface area contributed by atoms with Crippen LogP contribution in [0.1, 0.15) is 33.9 Å². The molecule has 1 aromatic heterocycles. The summed E-state index contributed by atoms with van der Waals surface area (Å²) in [6.45, 7) is 4.10. The molecule has 3 aromatic rings. The molecular formula is C24H25N3O4S. The van der Waals surface area contributed by atoms with E-state index in [1.54, 1.807) is 35.6 Å². The van der Waals surface area contributed by atoms with Crippen molar-refractivity contribution < 1.29 is 19.1 Å². The van der Waals surface area contributed by atoms with Gasteiger partial charge in [0.05, 0.1) is 16.3 Å². The van der Waals surface area contributed by atoms with Crippen LogP contribution >= 0.6 is 11.3 Å². The number of rotatable bonds is 8. The number of hydrogen-bond acceptors (Lipinski definition) is 7. The molecule has 4 rings (SSSR count). The molecule has 1 amide bonds. The molecule has 32 heavy (non-hydrogen) atoms. The maximum absolute atomic E-state index is 12.2. The number of nitrogens with zero attached hydrogens (tertiary/aromatic N) is 2. The summed E-state index contributed by atoms with van der Waals surface area (Å²) in [6.07, 6.45) is 2.43. The summed E-state index contributed by atoms with van der Waals surface area (Å²) in [5.41, 5.74) is 3.05. The molecule has 2 aromatic carbocycles. The van der Waals surface area contributed by atoms with Crippen LogP contribution in [0.4, 0.5) is 11.4 Å². The third kappa shape index (κ3) is 5.85. The van der Waals surface area contributed by atoms with E-state index in [2.05, 4.69) is 15.2 Å². The molecule has 0 atom stereocenters. The Morgan fingerprint density at radius 1 is 1.06 bits per heavy atom. The lowest BCUT2D eigenvalue weighted by Crippen LogP contribution is -2.21. The largest absolute Gasteiger partial charge is 0.487 e. The van der Waals surface area contributed by atoms with Crippen molar-refractivity contribution in [1.82, 2.24) is 4.98 Å². The van der Waals surface area contributed by atoms with Gasteiger partial charge in [0.15, 0.2) is 6.61 Å². The van der Waals surface area contributed by atoms with Gasteiger partial charge < -0.3 is 19.7 Å². The van der Waals surface area contributed by atoms with Gasteiger partial charge in [0.1, 0.15) is 12.4 Å². The quantitative estimate of drug-likeness (QED) is 0.511. The number of aromatic nitrogens is 1. The van der Waals surface area contributed by atoms with E-state index >= 15 is 0 Å². The van der Waals surface area contributed by atoms with Gasteiger partial charge in [-0.25, -0.2) is 9.78 Å². The zero-order chi connectivity index (χ0) is 22.3. The number of hydrogen-bond donors (Lipinski definition) is 1. The van der Waals surface area contributed by atoms with E-state index in [4.69, 9.17) is 9.47 Å². The summed E-state index contributed by atoms with van der Waals surface area (Å²) in [6, 6.07) is 14.3. The normalized spacial score (nSPS) is 13.1. The second-order valence-corrected chi connectivity index (χ2v) is 8.60. The molecule has 1 N–H and O–H groups in total. The van der Waals surface area contributed by atoms with Gasteiger partial charge in [0.25, 0.3) is 5.91 Å². The van der Waals surface area contributed by atoms with Crippen molar-refractivity contribution in [1.29, 1.82) is 0 Å². The van der Waals surface area contributed by atoms with Crippen molar-refractivity contribution in [3.63, 3.8) is 0 Å². The van der Waals surface area contributed by atoms with Crippen LogP contribution in [0.5, 0.6) is 5.75 Å². The Labute approximate surface area is 191 Å². The van der Waals surface area contributed by atoms with Crippen LogP contribution in [0, 0.1) is 6.92 Å².